The van der Waals surface area contributed by atoms with E-state index >= 15 is 0 Å². The number of likely N-dealkylation sites (tertiary alicyclic amines) is 1. The lowest BCUT2D eigenvalue weighted by molar-refractivity contribution is -0.140. The Kier molecular flexibility index (Phi) is 4.54. The Morgan fingerprint density at radius 1 is 1.16 bits per heavy atom. The van der Waals surface area contributed by atoms with Gasteiger partial charge in [-0.1, -0.05) is 44.2 Å². The molecule has 6 heteroatoms. The van der Waals surface area contributed by atoms with Crippen LogP contribution in [0.15, 0.2) is 30.3 Å². The summed E-state index contributed by atoms with van der Waals surface area (Å²) in [6, 6.07) is 8.60. The summed E-state index contributed by atoms with van der Waals surface area (Å²) in [4.78, 5) is 40.7. The van der Waals surface area contributed by atoms with Gasteiger partial charge in [0.25, 0.3) is 5.91 Å². The number of benzene rings is 1. The highest BCUT2D eigenvalue weighted by Gasteiger charge is 2.49. The van der Waals surface area contributed by atoms with Crippen molar-refractivity contribution in [1.29, 1.82) is 0 Å². The number of hydrogen-bond acceptors (Lipinski definition) is 3. The molecule has 2 aliphatic rings. The van der Waals surface area contributed by atoms with E-state index in [0.717, 1.165) is 11.3 Å². The Morgan fingerprint density at radius 3 is 2.36 bits per heavy atom. The van der Waals surface area contributed by atoms with E-state index in [4.69, 9.17) is 0 Å². The molecule has 2 heterocycles. The summed E-state index contributed by atoms with van der Waals surface area (Å²) in [5.41, 5.74) is -0.412. The van der Waals surface area contributed by atoms with Crippen LogP contribution in [-0.2, 0) is 15.1 Å². The number of nitrogens with one attached hydrogen (secondary N) is 1. The van der Waals surface area contributed by atoms with Gasteiger partial charge in [-0.3, -0.25) is 14.5 Å². The van der Waals surface area contributed by atoms with Gasteiger partial charge in [-0.2, -0.15) is 0 Å². The number of carbonyl (C=O) groups is 3. The maximum absolute atomic E-state index is 12.9. The van der Waals surface area contributed by atoms with Gasteiger partial charge in [0.05, 0.1) is 0 Å². The summed E-state index contributed by atoms with van der Waals surface area (Å²) < 4.78 is 0. The highest BCUT2D eigenvalue weighted by Crippen LogP contribution is 2.29. The molecule has 0 radical (unpaired) electrons. The molecule has 4 amide bonds. The van der Waals surface area contributed by atoms with Gasteiger partial charge in [0, 0.05) is 13.1 Å². The van der Waals surface area contributed by atoms with Gasteiger partial charge in [-0.05, 0) is 30.7 Å². The summed E-state index contributed by atoms with van der Waals surface area (Å²) in [6.07, 6.45) is 1.10. The van der Waals surface area contributed by atoms with Gasteiger partial charge in [0.15, 0.2) is 0 Å². The quantitative estimate of drug-likeness (QED) is 0.853. The van der Waals surface area contributed by atoms with Crippen molar-refractivity contribution < 1.29 is 14.4 Å². The van der Waals surface area contributed by atoms with Crippen LogP contribution in [0.5, 0.6) is 0 Å². The summed E-state index contributed by atoms with van der Waals surface area (Å²) in [5.74, 6) is 0.324. The number of hydrogen-bond donors (Lipinski definition) is 1. The first-order valence-electron chi connectivity index (χ1n) is 8.78. The predicted octanol–water partition coefficient (Wildman–Crippen LogP) is 1.96. The van der Waals surface area contributed by atoms with E-state index < -0.39 is 11.6 Å². The molecular formula is C19H25N3O3. The highest BCUT2D eigenvalue weighted by molar-refractivity contribution is 6.09. The van der Waals surface area contributed by atoms with Crippen LogP contribution in [0.4, 0.5) is 4.79 Å². The van der Waals surface area contributed by atoms with Crippen LogP contribution in [0.1, 0.15) is 32.8 Å². The highest BCUT2D eigenvalue weighted by atomic mass is 16.2. The normalized spacial score (nSPS) is 29.7. The third-order valence-corrected chi connectivity index (χ3v) is 5.14. The Labute approximate surface area is 148 Å². The zero-order valence-corrected chi connectivity index (χ0v) is 15.0. The van der Waals surface area contributed by atoms with Crippen molar-refractivity contribution in [2.75, 3.05) is 19.6 Å². The largest absolute Gasteiger partial charge is 0.341 e. The Morgan fingerprint density at radius 2 is 1.76 bits per heavy atom. The molecule has 0 saturated carbocycles. The van der Waals surface area contributed by atoms with Crippen molar-refractivity contribution in [3.8, 4) is 0 Å². The molecule has 2 aliphatic heterocycles. The summed E-state index contributed by atoms with van der Waals surface area (Å²) >= 11 is 0. The lowest BCUT2D eigenvalue weighted by atomic mass is 9.91. The number of rotatable bonds is 3. The molecule has 2 saturated heterocycles. The fraction of sp³-hybridized carbons (Fsp3) is 0.526. The molecule has 0 spiro atoms. The second kappa shape index (κ2) is 6.50. The van der Waals surface area contributed by atoms with Crippen LogP contribution in [0.3, 0.4) is 0 Å². The number of piperidine rings is 1. The van der Waals surface area contributed by atoms with Gasteiger partial charge < -0.3 is 10.2 Å². The molecule has 0 aromatic heterocycles. The van der Waals surface area contributed by atoms with E-state index in [0.29, 0.717) is 30.5 Å². The Balaban J connectivity index is 1.74. The molecule has 3 atom stereocenters. The lowest BCUT2D eigenvalue weighted by Gasteiger charge is -2.35. The zero-order chi connectivity index (χ0) is 18.2. The Hall–Kier alpha value is -2.37. The van der Waals surface area contributed by atoms with Crippen LogP contribution in [0, 0.1) is 11.8 Å². The summed E-state index contributed by atoms with van der Waals surface area (Å²) in [6.45, 7) is 7.09. The van der Waals surface area contributed by atoms with Crippen LogP contribution in [-0.4, -0.2) is 47.3 Å². The maximum Gasteiger partial charge on any atom is 0.325 e. The third-order valence-electron chi connectivity index (χ3n) is 5.14. The third kappa shape index (κ3) is 3.25. The predicted molar refractivity (Wildman–Crippen MR) is 93.6 cm³/mol. The number of nitrogens with zero attached hydrogens (tertiary/aromatic N) is 2. The summed E-state index contributed by atoms with van der Waals surface area (Å²) in [5, 5.41) is 2.74. The fourth-order valence-corrected chi connectivity index (χ4v) is 3.91. The number of carbonyl (C=O) groups excluding carboxylic acids is 3. The average molecular weight is 343 g/mol. The molecule has 0 unspecified atom stereocenters. The van der Waals surface area contributed by atoms with Gasteiger partial charge in [-0.15, -0.1) is 0 Å². The van der Waals surface area contributed by atoms with Gasteiger partial charge in [0.1, 0.15) is 12.1 Å². The molecule has 134 valence electrons. The van der Waals surface area contributed by atoms with Crippen LogP contribution >= 0.6 is 0 Å². The summed E-state index contributed by atoms with van der Waals surface area (Å²) in [7, 11) is 0. The maximum atomic E-state index is 12.9. The Bertz CT molecular complexity index is 680. The van der Waals surface area contributed by atoms with Gasteiger partial charge in [0.2, 0.25) is 5.91 Å². The van der Waals surface area contributed by atoms with E-state index in [1.54, 1.807) is 24.0 Å². The van der Waals surface area contributed by atoms with Crippen molar-refractivity contribution >= 4 is 17.8 Å². The number of imide groups is 1. The molecule has 6 nitrogen and oxygen atoms in total. The number of amides is 4. The van der Waals surface area contributed by atoms with E-state index in [-0.39, 0.29) is 18.4 Å². The van der Waals surface area contributed by atoms with Crippen molar-refractivity contribution in [2.24, 2.45) is 11.8 Å². The SMILES string of the molecule is C[C@@H]1C[C@H](C)CN(C(=O)CN2C(=O)N[C@](C)(c3ccccc3)C2=O)C1. The molecular weight excluding hydrogens is 318 g/mol. The lowest BCUT2D eigenvalue weighted by Crippen LogP contribution is -2.48. The molecule has 1 N–H and O–H groups in total. The molecule has 25 heavy (non-hydrogen) atoms. The zero-order valence-electron chi connectivity index (χ0n) is 15.0. The van der Waals surface area contributed by atoms with E-state index in [2.05, 4.69) is 19.2 Å². The molecule has 2 fully saturated rings. The average Bonchev–Trinajstić information content (AvgIpc) is 2.79. The molecule has 1 aromatic rings. The van der Waals surface area contributed by atoms with Crippen molar-refractivity contribution in [3.63, 3.8) is 0 Å². The van der Waals surface area contributed by atoms with E-state index in [9.17, 15) is 14.4 Å². The topological polar surface area (TPSA) is 69.7 Å². The van der Waals surface area contributed by atoms with Crippen LogP contribution in [0.25, 0.3) is 0 Å². The monoisotopic (exact) mass is 343 g/mol. The van der Waals surface area contributed by atoms with Crippen molar-refractivity contribution in [1.82, 2.24) is 15.1 Å². The molecule has 1 aromatic carbocycles. The second-order valence-electron chi connectivity index (χ2n) is 7.56. The van der Waals surface area contributed by atoms with Crippen LogP contribution in [0.2, 0.25) is 0 Å². The molecule has 0 aliphatic carbocycles. The second-order valence-corrected chi connectivity index (χ2v) is 7.56. The number of urea groups is 1. The van der Waals surface area contributed by atoms with Gasteiger partial charge in [-0.25, -0.2) is 4.79 Å². The van der Waals surface area contributed by atoms with Crippen molar-refractivity contribution in [3.05, 3.63) is 35.9 Å². The first-order chi connectivity index (χ1) is 11.8. The fourth-order valence-electron chi connectivity index (χ4n) is 3.91. The standard InChI is InChI=1S/C19H25N3O3/c1-13-9-14(2)11-21(10-13)16(23)12-22-17(24)19(3,20-18(22)25)15-7-5-4-6-8-15/h4-8,13-14H,9-12H2,1-3H3,(H,20,25)/t13-,14+,19-/m1/s1. The molecule has 3 rings (SSSR count). The first-order valence-corrected chi connectivity index (χ1v) is 8.78. The smallest absolute Gasteiger partial charge is 0.325 e. The molecule has 0 bridgehead atoms. The van der Waals surface area contributed by atoms with Crippen LogP contribution < -0.4 is 5.32 Å². The minimum atomic E-state index is -1.12. The van der Waals surface area contributed by atoms with E-state index in [1.807, 2.05) is 18.2 Å². The first kappa shape index (κ1) is 17.5. The van der Waals surface area contributed by atoms with E-state index in [1.165, 1.54) is 0 Å². The van der Waals surface area contributed by atoms with Crippen molar-refractivity contribution in [2.45, 2.75) is 32.7 Å². The minimum absolute atomic E-state index is 0.167. The van der Waals surface area contributed by atoms with Gasteiger partial charge >= 0.3 is 6.03 Å². The minimum Gasteiger partial charge on any atom is -0.341 e.